The number of hydrogen-bond acceptors (Lipinski definition) is 4. The van der Waals surface area contributed by atoms with Crippen molar-refractivity contribution in [2.45, 2.75) is 26.3 Å². The lowest BCUT2D eigenvalue weighted by Gasteiger charge is -2.32. The third-order valence-electron chi connectivity index (χ3n) is 2.76. The molecule has 1 fully saturated rings. The fraction of sp³-hybridized carbons (Fsp3) is 0.636. The molecule has 0 spiro atoms. The molecule has 4 heteroatoms. The number of nitrogens with zero attached hydrogens (tertiary/aromatic N) is 3. The molecule has 0 radical (unpaired) electrons. The van der Waals surface area contributed by atoms with Gasteiger partial charge in [0.1, 0.15) is 12.1 Å². The van der Waals surface area contributed by atoms with Crippen LogP contribution in [-0.4, -0.2) is 35.6 Å². The second-order valence-electron chi connectivity index (χ2n) is 4.02. The van der Waals surface area contributed by atoms with Crippen molar-refractivity contribution in [1.82, 2.24) is 15.3 Å². The van der Waals surface area contributed by atoms with Crippen molar-refractivity contribution in [1.29, 1.82) is 0 Å². The Morgan fingerprint density at radius 1 is 1.53 bits per heavy atom. The van der Waals surface area contributed by atoms with E-state index in [1.54, 1.807) is 6.33 Å². The molecule has 0 bridgehead atoms. The van der Waals surface area contributed by atoms with Gasteiger partial charge in [-0.15, -0.1) is 0 Å². The fourth-order valence-electron chi connectivity index (χ4n) is 1.89. The van der Waals surface area contributed by atoms with E-state index < -0.39 is 0 Å². The van der Waals surface area contributed by atoms with E-state index in [4.69, 9.17) is 0 Å². The Morgan fingerprint density at radius 3 is 3.13 bits per heavy atom. The number of nitrogens with one attached hydrogen (secondary N) is 1. The smallest absolute Gasteiger partial charge is 0.132 e. The van der Waals surface area contributed by atoms with Gasteiger partial charge in [-0.05, 0) is 13.3 Å². The molecule has 82 valence electrons. The number of rotatable bonds is 2. The molecule has 0 aliphatic carbocycles. The van der Waals surface area contributed by atoms with E-state index in [1.165, 1.54) is 0 Å². The van der Waals surface area contributed by atoms with Crippen molar-refractivity contribution in [2.75, 3.05) is 24.5 Å². The lowest BCUT2D eigenvalue weighted by atomic mass is 10.2. The topological polar surface area (TPSA) is 41.0 Å². The number of hydrogen-bond donors (Lipinski definition) is 1. The maximum Gasteiger partial charge on any atom is 0.132 e. The van der Waals surface area contributed by atoms with E-state index in [2.05, 4.69) is 40.1 Å². The highest BCUT2D eigenvalue weighted by atomic mass is 15.2. The Bertz CT molecular complexity index is 326. The second-order valence-corrected chi connectivity index (χ2v) is 4.02. The zero-order valence-electron chi connectivity index (χ0n) is 9.40. The van der Waals surface area contributed by atoms with Gasteiger partial charge in [0.05, 0.1) is 0 Å². The maximum atomic E-state index is 4.33. The summed E-state index contributed by atoms with van der Waals surface area (Å²) in [5.41, 5.74) is 1.12. The lowest BCUT2D eigenvalue weighted by molar-refractivity contribution is 0.482. The molecule has 0 amide bonds. The predicted molar refractivity (Wildman–Crippen MR) is 61.1 cm³/mol. The molecule has 0 aromatic carbocycles. The highest BCUT2D eigenvalue weighted by molar-refractivity contribution is 5.39. The molecule has 1 N–H and O–H groups in total. The van der Waals surface area contributed by atoms with E-state index in [-0.39, 0.29) is 0 Å². The number of aromatic nitrogens is 2. The molecular weight excluding hydrogens is 188 g/mol. The Kier molecular flexibility index (Phi) is 3.16. The summed E-state index contributed by atoms with van der Waals surface area (Å²) in [6.07, 6.45) is 2.64. The molecule has 1 unspecified atom stereocenters. The molecule has 4 nitrogen and oxygen atoms in total. The Balaban J connectivity index is 2.13. The first-order chi connectivity index (χ1) is 7.29. The Morgan fingerprint density at radius 2 is 2.40 bits per heavy atom. The largest absolute Gasteiger partial charge is 0.354 e. The first-order valence-electron chi connectivity index (χ1n) is 5.59. The molecule has 1 aromatic rings. The minimum absolute atomic E-state index is 0.541. The molecule has 1 saturated heterocycles. The number of aryl methyl sites for hydroxylation is 1. The third kappa shape index (κ3) is 2.45. The molecule has 15 heavy (non-hydrogen) atoms. The first kappa shape index (κ1) is 10.4. The van der Waals surface area contributed by atoms with Gasteiger partial charge in [-0.3, -0.25) is 0 Å². The van der Waals surface area contributed by atoms with Crippen molar-refractivity contribution in [3.8, 4) is 0 Å². The Labute approximate surface area is 90.7 Å². The molecule has 1 aliphatic heterocycles. The average molecular weight is 206 g/mol. The van der Waals surface area contributed by atoms with Gasteiger partial charge in [0, 0.05) is 37.4 Å². The van der Waals surface area contributed by atoms with Crippen molar-refractivity contribution in [2.24, 2.45) is 0 Å². The summed E-state index contributed by atoms with van der Waals surface area (Å²) in [6, 6.07) is 2.64. The van der Waals surface area contributed by atoms with Crippen LogP contribution in [0.5, 0.6) is 0 Å². The van der Waals surface area contributed by atoms with Gasteiger partial charge in [-0.25, -0.2) is 9.97 Å². The molecule has 1 aromatic heterocycles. The van der Waals surface area contributed by atoms with Crippen LogP contribution >= 0.6 is 0 Å². The van der Waals surface area contributed by atoms with E-state index in [1.807, 2.05) is 0 Å². The van der Waals surface area contributed by atoms with Crippen LogP contribution in [-0.2, 0) is 6.42 Å². The van der Waals surface area contributed by atoms with Crippen LogP contribution < -0.4 is 10.2 Å². The summed E-state index contributed by atoms with van der Waals surface area (Å²) in [6.45, 7) is 7.41. The molecule has 0 saturated carbocycles. The molecule has 2 rings (SSSR count). The van der Waals surface area contributed by atoms with Gasteiger partial charge < -0.3 is 10.2 Å². The zero-order chi connectivity index (χ0) is 10.7. The second kappa shape index (κ2) is 4.57. The van der Waals surface area contributed by atoms with Crippen molar-refractivity contribution >= 4 is 5.82 Å². The summed E-state index contributed by atoms with van der Waals surface area (Å²) < 4.78 is 0. The van der Waals surface area contributed by atoms with Crippen molar-refractivity contribution in [3.05, 3.63) is 18.1 Å². The van der Waals surface area contributed by atoms with Crippen LogP contribution in [0.1, 0.15) is 19.5 Å². The minimum Gasteiger partial charge on any atom is -0.354 e. The molecule has 2 heterocycles. The standard InChI is InChI=1S/C11H18N4/c1-3-10-6-11(14-8-13-10)15-5-4-12-9(2)7-15/h6,8-9,12H,3-5,7H2,1-2H3. The van der Waals surface area contributed by atoms with E-state index in [9.17, 15) is 0 Å². The first-order valence-corrected chi connectivity index (χ1v) is 5.59. The minimum atomic E-state index is 0.541. The lowest BCUT2D eigenvalue weighted by Crippen LogP contribution is -2.49. The number of piperazine rings is 1. The highest BCUT2D eigenvalue weighted by Crippen LogP contribution is 2.13. The fourth-order valence-corrected chi connectivity index (χ4v) is 1.89. The van der Waals surface area contributed by atoms with Gasteiger partial charge >= 0.3 is 0 Å². The highest BCUT2D eigenvalue weighted by Gasteiger charge is 2.16. The molecule has 1 atom stereocenters. The predicted octanol–water partition coefficient (Wildman–Crippen LogP) is 0.837. The van der Waals surface area contributed by atoms with Crippen LogP contribution in [0.3, 0.4) is 0 Å². The monoisotopic (exact) mass is 206 g/mol. The van der Waals surface area contributed by atoms with E-state index >= 15 is 0 Å². The molecule has 1 aliphatic rings. The van der Waals surface area contributed by atoms with Gasteiger partial charge in [-0.1, -0.05) is 6.92 Å². The van der Waals surface area contributed by atoms with Gasteiger partial charge in [0.2, 0.25) is 0 Å². The summed E-state index contributed by atoms with van der Waals surface area (Å²) in [5.74, 6) is 1.07. The Hall–Kier alpha value is -1.16. The molecular formula is C11H18N4. The summed E-state index contributed by atoms with van der Waals surface area (Å²) in [7, 11) is 0. The average Bonchev–Trinajstić information content (AvgIpc) is 2.29. The van der Waals surface area contributed by atoms with E-state index in [0.29, 0.717) is 6.04 Å². The zero-order valence-corrected chi connectivity index (χ0v) is 9.40. The van der Waals surface area contributed by atoms with Crippen LogP contribution in [0.25, 0.3) is 0 Å². The number of anilines is 1. The summed E-state index contributed by atoms with van der Waals surface area (Å²) in [4.78, 5) is 10.9. The summed E-state index contributed by atoms with van der Waals surface area (Å²) in [5, 5.41) is 3.43. The van der Waals surface area contributed by atoms with Crippen LogP contribution in [0.2, 0.25) is 0 Å². The third-order valence-corrected chi connectivity index (χ3v) is 2.76. The van der Waals surface area contributed by atoms with Gasteiger partial charge in [-0.2, -0.15) is 0 Å². The quantitative estimate of drug-likeness (QED) is 0.778. The van der Waals surface area contributed by atoms with Crippen LogP contribution in [0.4, 0.5) is 5.82 Å². The van der Waals surface area contributed by atoms with Gasteiger partial charge in [0.25, 0.3) is 0 Å². The van der Waals surface area contributed by atoms with E-state index in [0.717, 1.165) is 37.6 Å². The SMILES string of the molecule is CCc1cc(N2CCNC(C)C2)ncn1. The van der Waals surface area contributed by atoms with Crippen LogP contribution in [0.15, 0.2) is 12.4 Å². The maximum absolute atomic E-state index is 4.33. The van der Waals surface area contributed by atoms with Gasteiger partial charge in [0.15, 0.2) is 0 Å². The normalized spacial score (nSPS) is 21.7. The van der Waals surface area contributed by atoms with Crippen molar-refractivity contribution in [3.63, 3.8) is 0 Å². The summed E-state index contributed by atoms with van der Waals surface area (Å²) >= 11 is 0. The van der Waals surface area contributed by atoms with Crippen molar-refractivity contribution < 1.29 is 0 Å². The van der Waals surface area contributed by atoms with Crippen LogP contribution in [0, 0.1) is 0 Å².